The second-order valence-corrected chi connectivity index (χ2v) is 5.81. The van der Waals surface area contributed by atoms with Crippen molar-refractivity contribution in [2.75, 3.05) is 0 Å². The highest BCUT2D eigenvalue weighted by atomic mass is 16.1. The van der Waals surface area contributed by atoms with Gasteiger partial charge in [0.15, 0.2) is 0 Å². The molecule has 0 aliphatic carbocycles. The molecule has 0 saturated carbocycles. The van der Waals surface area contributed by atoms with Crippen LogP contribution in [-0.2, 0) is 11.8 Å². The second-order valence-electron chi connectivity index (χ2n) is 5.81. The molecule has 0 bridgehead atoms. The average Bonchev–Trinajstić information content (AvgIpc) is 2.64. The first-order valence-electron chi connectivity index (χ1n) is 7.94. The molecule has 24 heavy (non-hydrogen) atoms. The lowest BCUT2D eigenvalue weighted by Crippen LogP contribution is -2.26. The fraction of sp³-hybridized carbons (Fsp3) is 0.143. The number of pyridine rings is 1. The van der Waals surface area contributed by atoms with Crippen molar-refractivity contribution in [3.63, 3.8) is 0 Å². The summed E-state index contributed by atoms with van der Waals surface area (Å²) in [6, 6.07) is 25.7. The smallest absolute Gasteiger partial charge is 0.248 e. The first-order chi connectivity index (χ1) is 11.7. The van der Waals surface area contributed by atoms with Crippen molar-refractivity contribution in [1.82, 2.24) is 4.98 Å². The lowest BCUT2D eigenvalue weighted by Gasteiger charge is -2.28. The van der Waals surface area contributed by atoms with E-state index in [2.05, 4.69) is 11.1 Å². The number of benzene rings is 2. The van der Waals surface area contributed by atoms with E-state index in [1.807, 2.05) is 66.7 Å². The topological polar surface area (TPSA) is 56.6 Å². The summed E-state index contributed by atoms with van der Waals surface area (Å²) in [4.78, 5) is 14.1. The number of rotatable bonds is 5. The average molecular weight is 314 g/mol. The van der Waals surface area contributed by atoms with Crippen LogP contribution in [0.2, 0.25) is 0 Å². The van der Waals surface area contributed by atoms with Crippen LogP contribution in [0.4, 0.5) is 0 Å². The van der Waals surface area contributed by atoms with Gasteiger partial charge in [0.1, 0.15) is 5.41 Å². The van der Waals surface area contributed by atoms with E-state index in [-0.39, 0.29) is 5.56 Å². The molecule has 3 aromatic rings. The zero-order chi connectivity index (χ0) is 16.8. The molecule has 0 fully saturated rings. The Kier molecular flexibility index (Phi) is 4.58. The summed E-state index contributed by atoms with van der Waals surface area (Å²) in [6.07, 6.45) is 2.92. The van der Waals surface area contributed by atoms with Crippen LogP contribution in [0.3, 0.4) is 0 Å². The molecule has 3 nitrogen and oxygen atoms in total. The fourth-order valence-corrected chi connectivity index (χ4v) is 3.06. The molecule has 3 heteroatoms. The molecule has 0 aliphatic rings. The van der Waals surface area contributed by atoms with Crippen molar-refractivity contribution < 1.29 is 0 Å². The van der Waals surface area contributed by atoms with Crippen LogP contribution in [0.5, 0.6) is 0 Å². The summed E-state index contributed by atoms with van der Waals surface area (Å²) in [5.41, 5.74) is 2.04. The van der Waals surface area contributed by atoms with Crippen LogP contribution in [-0.4, -0.2) is 4.98 Å². The Hall–Kier alpha value is -3.12. The molecule has 1 heterocycles. The molecule has 0 atom stereocenters. The molecule has 0 amide bonds. The lowest BCUT2D eigenvalue weighted by atomic mass is 9.72. The Morgan fingerprint density at radius 2 is 1.50 bits per heavy atom. The van der Waals surface area contributed by atoms with Gasteiger partial charge in [-0.1, -0.05) is 60.7 Å². The van der Waals surface area contributed by atoms with Gasteiger partial charge in [0.25, 0.3) is 0 Å². The zero-order valence-electron chi connectivity index (χ0n) is 13.3. The summed E-state index contributed by atoms with van der Waals surface area (Å²) < 4.78 is 0. The highest BCUT2D eigenvalue weighted by molar-refractivity contribution is 5.46. The van der Waals surface area contributed by atoms with Crippen LogP contribution < -0.4 is 5.56 Å². The van der Waals surface area contributed by atoms with Crippen LogP contribution >= 0.6 is 0 Å². The SMILES string of the molecule is N#CC(CCc1cc[nH]c(=O)c1)(c1ccccc1)c1ccccc1. The molecular formula is C21H18N2O. The molecule has 0 radical (unpaired) electrons. The van der Waals surface area contributed by atoms with Crippen molar-refractivity contribution in [3.8, 4) is 6.07 Å². The molecule has 118 valence electrons. The van der Waals surface area contributed by atoms with E-state index in [9.17, 15) is 10.1 Å². The maximum atomic E-state index is 11.5. The third-order valence-corrected chi connectivity index (χ3v) is 4.35. The van der Waals surface area contributed by atoms with E-state index in [1.54, 1.807) is 12.3 Å². The van der Waals surface area contributed by atoms with Gasteiger partial charge in [-0.2, -0.15) is 5.26 Å². The van der Waals surface area contributed by atoms with Gasteiger partial charge in [0.2, 0.25) is 5.56 Å². The molecule has 0 aliphatic heterocycles. The van der Waals surface area contributed by atoms with Gasteiger partial charge in [-0.3, -0.25) is 4.79 Å². The normalized spacial score (nSPS) is 11.0. The molecule has 1 N–H and O–H groups in total. The molecule has 1 aromatic heterocycles. The molecule has 0 saturated heterocycles. The first-order valence-corrected chi connectivity index (χ1v) is 7.94. The first kappa shape index (κ1) is 15.8. The largest absolute Gasteiger partial charge is 0.329 e. The Bertz CT molecular complexity index is 853. The Morgan fingerprint density at radius 1 is 0.917 bits per heavy atom. The van der Waals surface area contributed by atoms with Gasteiger partial charge in [0, 0.05) is 12.3 Å². The molecule has 0 unspecified atom stereocenters. The lowest BCUT2D eigenvalue weighted by molar-refractivity contribution is 0.592. The van der Waals surface area contributed by atoms with Gasteiger partial charge >= 0.3 is 0 Å². The fourth-order valence-electron chi connectivity index (χ4n) is 3.06. The quantitative estimate of drug-likeness (QED) is 0.778. The Morgan fingerprint density at radius 3 is 2.00 bits per heavy atom. The third-order valence-electron chi connectivity index (χ3n) is 4.35. The minimum atomic E-state index is -0.731. The van der Waals surface area contributed by atoms with Crippen molar-refractivity contribution in [1.29, 1.82) is 5.26 Å². The van der Waals surface area contributed by atoms with E-state index in [0.29, 0.717) is 12.8 Å². The number of hydrogen-bond acceptors (Lipinski definition) is 2. The standard InChI is InChI=1S/C21H18N2O/c22-16-21(18-7-3-1-4-8-18,19-9-5-2-6-10-19)13-11-17-12-14-23-20(24)15-17/h1-10,12,14-15H,11,13H2,(H,23,24). The molecule has 2 aromatic carbocycles. The van der Waals surface area contributed by atoms with E-state index in [4.69, 9.17) is 0 Å². The number of aromatic nitrogens is 1. The van der Waals surface area contributed by atoms with Crippen molar-refractivity contribution in [2.24, 2.45) is 0 Å². The minimum Gasteiger partial charge on any atom is -0.329 e. The highest BCUT2D eigenvalue weighted by Crippen LogP contribution is 2.36. The number of H-pyrrole nitrogens is 1. The number of aromatic amines is 1. The summed E-state index contributed by atoms with van der Waals surface area (Å²) in [6.45, 7) is 0. The molecule has 0 spiro atoms. The zero-order valence-corrected chi connectivity index (χ0v) is 13.3. The summed E-state index contributed by atoms with van der Waals surface area (Å²) >= 11 is 0. The number of nitriles is 1. The molecular weight excluding hydrogens is 296 g/mol. The Balaban J connectivity index is 2.02. The van der Waals surface area contributed by atoms with Crippen molar-refractivity contribution in [3.05, 3.63) is 106 Å². The summed E-state index contributed by atoms with van der Waals surface area (Å²) in [7, 11) is 0. The third kappa shape index (κ3) is 3.13. The number of aryl methyl sites for hydroxylation is 1. The predicted octanol–water partition coefficient (Wildman–Crippen LogP) is 3.82. The van der Waals surface area contributed by atoms with Gasteiger partial charge in [0.05, 0.1) is 6.07 Å². The second kappa shape index (κ2) is 6.97. The maximum Gasteiger partial charge on any atom is 0.248 e. The molecule has 3 rings (SSSR count). The summed E-state index contributed by atoms with van der Waals surface area (Å²) in [5.74, 6) is 0. The predicted molar refractivity (Wildman–Crippen MR) is 94.7 cm³/mol. The highest BCUT2D eigenvalue weighted by Gasteiger charge is 2.33. The monoisotopic (exact) mass is 314 g/mol. The number of nitrogens with zero attached hydrogens (tertiary/aromatic N) is 1. The maximum absolute atomic E-state index is 11.5. The van der Waals surface area contributed by atoms with Crippen molar-refractivity contribution >= 4 is 0 Å². The van der Waals surface area contributed by atoms with Gasteiger partial charge < -0.3 is 4.98 Å². The van der Waals surface area contributed by atoms with Gasteiger partial charge in [-0.05, 0) is 35.6 Å². The van der Waals surface area contributed by atoms with Gasteiger partial charge in [-0.15, -0.1) is 0 Å². The van der Waals surface area contributed by atoms with Crippen LogP contribution in [0.15, 0.2) is 83.8 Å². The minimum absolute atomic E-state index is 0.116. The van der Waals surface area contributed by atoms with Gasteiger partial charge in [-0.25, -0.2) is 0 Å². The summed E-state index contributed by atoms with van der Waals surface area (Å²) in [5, 5.41) is 10.1. The number of hydrogen-bond donors (Lipinski definition) is 1. The Labute approximate surface area is 141 Å². The van der Waals surface area contributed by atoms with E-state index in [1.165, 1.54) is 0 Å². The van der Waals surface area contributed by atoms with E-state index in [0.717, 1.165) is 16.7 Å². The van der Waals surface area contributed by atoms with E-state index >= 15 is 0 Å². The van der Waals surface area contributed by atoms with Crippen LogP contribution in [0.1, 0.15) is 23.1 Å². The van der Waals surface area contributed by atoms with Crippen molar-refractivity contribution in [2.45, 2.75) is 18.3 Å². The number of nitrogens with one attached hydrogen (secondary N) is 1. The van der Waals surface area contributed by atoms with E-state index < -0.39 is 5.41 Å². The van der Waals surface area contributed by atoms with Crippen LogP contribution in [0, 0.1) is 11.3 Å². The van der Waals surface area contributed by atoms with Crippen LogP contribution in [0.25, 0.3) is 0 Å².